The van der Waals surface area contributed by atoms with Crippen molar-refractivity contribution in [3.05, 3.63) is 65.1 Å². The van der Waals surface area contributed by atoms with E-state index in [9.17, 15) is 9.18 Å². The van der Waals surface area contributed by atoms with E-state index in [2.05, 4.69) is 10.3 Å². The minimum atomic E-state index is -0.273. The summed E-state index contributed by atoms with van der Waals surface area (Å²) in [4.78, 5) is 18.5. The maximum absolute atomic E-state index is 13.8. The molecule has 3 rings (SSSR count). The third-order valence-electron chi connectivity index (χ3n) is 4.28. The van der Waals surface area contributed by atoms with E-state index in [1.807, 2.05) is 25.1 Å². The topological polar surface area (TPSA) is 45.2 Å². The second-order valence-corrected chi connectivity index (χ2v) is 6.25. The monoisotopic (exact) mass is 337 g/mol. The Morgan fingerprint density at radius 1 is 1.12 bits per heavy atom. The van der Waals surface area contributed by atoms with Gasteiger partial charge in [0.05, 0.1) is 5.56 Å². The summed E-state index contributed by atoms with van der Waals surface area (Å²) in [7, 11) is 3.43. The van der Waals surface area contributed by atoms with Crippen molar-refractivity contribution in [3.8, 4) is 0 Å². The number of halogens is 1. The molecule has 0 saturated heterocycles. The lowest BCUT2D eigenvalue weighted by Gasteiger charge is -2.17. The fraction of sp³-hybridized carbons (Fsp3) is 0.200. The van der Waals surface area contributed by atoms with Crippen LogP contribution in [0.25, 0.3) is 10.8 Å². The highest BCUT2D eigenvalue weighted by Crippen LogP contribution is 2.31. The molecule has 0 bridgehead atoms. The smallest absolute Gasteiger partial charge is 0.255 e. The SMILES string of the molecule is Cc1c(F)cccc1Nc1ncc(C(=O)N(C)C)c2c(C)cccc12. The van der Waals surface area contributed by atoms with E-state index in [1.54, 1.807) is 39.3 Å². The molecule has 1 N–H and O–H groups in total. The number of fused-ring (bicyclic) bond motifs is 1. The molecule has 4 nitrogen and oxygen atoms in total. The van der Waals surface area contributed by atoms with Gasteiger partial charge in [-0.3, -0.25) is 4.79 Å². The first-order valence-corrected chi connectivity index (χ1v) is 8.02. The molecule has 0 fully saturated rings. The summed E-state index contributed by atoms with van der Waals surface area (Å²) in [5.74, 6) is 0.230. The van der Waals surface area contributed by atoms with Crippen LogP contribution < -0.4 is 5.32 Å². The van der Waals surface area contributed by atoms with Crippen LogP contribution in [0.2, 0.25) is 0 Å². The van der Waals surface area contributed by atoms with Crippen molar-refractivity contribution in [2.24, 2.45) is 0 Å². The number of carbonyl (C=O) groups excluding carboxylic acids is 1. The van der Waals surface area contributed by atoms with Crippen LogP contribution in [0.3, 0.4) is 0 Å². The highest BCUT2D eigenvalue weighted by molar-refractivity contribution is 6.10. The van der Waals surface area contributed by atoms with E-state index >= 15 is 0 Å². The normalized spacial score (nSPS) is 10.8. The lowest BCUT2D eigenvalue weighted by molar-refractivity contribution is 0.0829. The van der Waals surface area contributed by atoms with Crippen molar-refractivity contribution < 1.29 is 9.18 Å². The maximum Gasteiger partial charge on any atom is 0.255 e. The van der Waals surface area contributed by atoms with Crippen LogP contribution in [0.4, 0.5) is 15.9 Å². The molecule has 3 aromatic rings. The molecule has 0 atom stereocenters. The minimum Gasteiger partial charge on any atom is -0.345 e. The summed E-state index contributed by atoms with van der Waals surface area (Å²) in [6.07, 6.45) is 1.58. The highest BCUT2D eigenvalue weighted by atomic mass is 19.1. The molecule has 0 saturated carbocycles. The van der Waals surface area contributed by atoms with Crippen molar-refractivity contribution in [1.82, 2.24) is 9.88 Å². The van der Waals surface area contributed by atoms with Crippen molar-refractivity contribution in [1.29, 1.82) is 0 Å². The van der Waals surface area contributed by atoms with Crippen molar-refractivity contribution in [2.45, 2.75) is 13.8 Å². The average molecular weight is 337 g/mol. The Labute approximate surface area is 146 Å². The molecule has 0 unspecified atom stereocenters. The van der Waals surface area contributed by atoms with Gasteiger partial charge >= 0.3 is 0 Å². The summed E-state index contributed by atoms with van der Waals surface area (Å²) in [5, 5.41) is 4.89. The van der Waals surface area contributed by atoms with Crippen LogP contribution in [-0.4, -0.2) is 29.9 Å². The average Bonchev–Trinajstić information content (AvgIpc) is 2.59. The number of nitrogens with zero attached hydrogens (tertiary/aromatic N) is 2. The summed E-state index contributed by atoms with van der Waals surface area (Å²) >= 11 is 0. The lowest BCUT2D eigenvalue weighted by Crippen LogP contribution is -2.22. The Kier molecular flexibility index (Phi) is 4.40. The second-order valence-electron chi connectivity index (χ2n) is 6.25. The van der Waals surface area contributed by atoms with Crippen LogP contribution in [-0.2, 0) is 0 Å². The van der Waals surface area contributed by atoms with Crippen molar-refractivity contribution in [2.75, 3.05) is 19.4 Å². The number of pyridine rings is 1. The molecule has 128 valence electrons. The molecule has 0 radical (unpaired) electrons. The van der Waals surface area contributed by atoms with Crippen LogP contribution in [0.5, 0.6) is 0 Å². The molecule has 0 aliphatic heterocycles. The van der Waals surface area contributed by atoms with Crippen molar-refractivity contribution in [3.63, 3.8) is 0 Å². The Morgan fingerprint density at radius 3 is 2.56 bits per heavy atom. The number of hydrogen-bond acceptors (Lipinski definition) is 3. The number of anilines is 2. The first-order valence-electron chi connectivity index (χ1n) is 8.02. The number of carbonyl (C=O) groups is 1. The minimum absolute atomic E-state index is 0.0970. The Balaban J connectivity index is 2.18. The molecule has 25 heavy (non-hydrogen) atoms. The lowest BCUT2D eigenvalue weighted by atomic mass is 10.0. The Morgan fingerprint density at radius 2 is 1.84 bits per heavy atom. The van der Waals surface area contributed by atoms with Gasteiger partial charge in [-0.05, 0) is 31.5 Å². The molecular formula is C20H20FN3O. The summed E-state index contributed by atoms with van der Waals surface area (Å²) in [5.41, 5.74) is 2.73. The number of benzene rings is 2. The van der Waals surface area contributed by atoms with Crippen LogP contribution in [0.1, 0.15) is 21.5 Å². The number of hydrogen-bond donors (Lipinski definition) is 1. The van der Waals surface area contributed by atoms with Gasteiger partial charge in [-0.1, -0.05) is 24.3 Å². The van der Waals surface area contributed by atoms with Gasteiger partial charge < -0.3 is 10.2 Å². The number of rotatable bonds is 3. The Bertz CT molecular complexity index is 967. The van der Waals surface area contributed by atoms with E-state index in [4.69, 9.17) is 0 Å². The van der Waals surface area contributed by atoms with E-state index in [-0.39, 0.29) is 11.7 Å². The summed E-state index contributed by atoms with van der Waals surface area (Å²) in [6.45, 7) is 3.68. The van der Waals surface area contributed by atoms with E-state index in [1.165, 1.54) is 11.0 Å². The third-order valence-corrected chi connectivity index (χ3v) is 4.28. The van der Waals surface area contributed by atoms with Crippen LogP contribution in [0, 0.1) is 19.7 Å². The molecule has 1 aromatic heterocycles. The fourth-order valence-electron chi connectivity index (χ4n) is 2.86. The maximum atomic E-state index is 13.8. The first-order chi connectivity index (χ1) is 11.9. The Hall–Kier alpha value is -2.95. The van der Waals surface area contributed by atoms with Gasteiger partial charge in [0.2, 0.25) is 0 Å². The summed E-state index contributed by atoms with van der Waals surface area (Å²) in [6, 6.07) is 10.7. The quantitative estimate of drug-likeness (QED) is 0.769. The van der Waals surface area contributed by atoms with Gasteiger partial charge in [0, 0.05) is 42.3 Å². The van der Waals surface area contributed by atoms with Crippen LogP contribution >= 0.6 is 0 Å². The van der Waals surface area contributed by atoms with E-state index in [0.717, 1.165) is 16.3 Å². The second kappa shape index (κ2) is 6.51. The molecule has 0 spiro atoms. The molecular weight excluding hydrogens is 317 g/mol. The molecule has 1 amide bonds. The zero-order valence-corrected chi connectivity index (χ0v) is 14.7. The first kappa shape index (κ1) is 16.9. The van der Waals surface area contributed by atoms with Gasteiger partial charge in [-0.25, -0.2) is 9.37 Å². The van der Waals surface area contributed by atoms with Gasteiger partial charge in [-0.2, -0.15) is 0 Å². The molecule has 1 heterocycles. The molecule has 0 aliphatic rings. The van der Waals surface area contributed by atoms with Gasteiger partial charge in [0.15, 0.2) is 0 Å². The third kappa shape index (κ3) is 3.05. The standard InChI is InChI=1S/C20H20FN3O/c1-12-7-5-8-14-18(12)15(20(25)24(3)4)11-22-19(14)23-17-10-6-9-16(21)13(17)2/h5-11H,1-4H3,(H,22,23). The number of aryl methyl sites for hydroxylation is 1. The van der Waals surface area contributed by atoms with Gasteiger partial charge in [0.1, 0.15) is 11.6 Å². The molecule has 5 heteroatoms. The highest BCUT2D eigenvalue weighted by Gasteiger charge is 2.17. The van der Waals surface area contributed by atoms with Gasteiger partial charge in [0.25, 0.3) is 5.91 Å². The van der Waals surface area contributed by atoms with Crippen molar-refractivity contribution >= 4 is 28.2 Å². The zero-order valence-electron chi connectivity index (χ0n) is 14.7. The fourth-order valence-corrected chi connectivity index (χ4v) is 2.86. The summed E-state index contributed by atoms with van der Waals surface area (Å²) < 4.78 is 13.8. The number of aromatic nitrogens is 1. The van der Waals surface area contributed by atoms with Gasteiger partial charge in [-0.15, -0.1) is 0 Å². The number of nitrogens with one attached hydrogen (secondary N) is 1. The predicted molar refractivity (Wildman–Crippen MR) is 98.9 cm³/mol. The molecule has 2 aromatic carbocycles. The van der Waals surface area contributed by atoms with Crippen LogP contribution in [0.15, 0.2) is 42.6 Å². The van der Waals surface area contributed by atoms with E-state index in [0.29, 0.717) is 22.6 Å². The largest absolute Gasteiger partial charge is 0.345 e. The predicted octanol–water partition coefficient (Wildman–Crippen LogP) is 4.44. The zero-order chi connectivity index (χ0) is 18.1. The van der Waals surface area contributed by atoms with E-state index < -0.39 is 0 Å². The molecule has 0 aliphatic carbocycles. The number of amides is 1.